The highest BCUT2D eigenvalue weighted by Crippen LogP contribution is 2.30. The molecule has 3 heterocycles. The van der Waals surface area contributed by atoms with Gasteiger partial charge in [-0.15, -0.1) is 0 Å². The van der Waals surface area contributed by atoms with Crippen LogP contribution in [0, 0.1) is 13.8 Å². The summed E-state index contributed by atoms with van der Waals surface area (Å²) in [7, 11) is 1.58. The molecule has 1 aromatic carbocycles. The molecule has 0 saturated carbocycles. The molecule has 0 bridgehead atoms. The smallest absolute Gasteiger partial charge is 0.213 e. The Hall–Kier alpha value is -3.74. The molecule has 7 heteroatoms. The molecule has 0 spiro atoms. The second-order valence-corrected chi connectivity index (χ2v) is 6.31. The van der Waals surface area contributed by atoms with Gasteiger partial charge in [0.25, 0.3) is 0 Å². The van der Waals surface area contributed by atoms with Crippen LogP contribution in [0.5, 0.6) is 17.4 Å². The van der Waals surface area contributed by atoms with Crippen molar-refractivity contribution in [1.29, 1.82) is 0 Å². The van der Waals surface area contributed by atoms with Gasteiger partial charge in [-0.1, -0.05) is 0 Å². The minimum atomic E-state index is 0.511. The van der Waals surface area contributed by atoms with Gasteiger partial charge in [0.2, 0.25) is 5.88 Å². The van der Waals surface area contributed by atoms with E-state index in [1.54, 1.807) is 19.5 Å². The Kier molecular flexibility index (Phi) is 4.72. The summed E-state index contributed by atoms with van der Waals surface area (Å²) in [6, 6.07) is 11.5. The quantitative estimate of drug-likeness (QED) is 0.548. The number of aryl methyl sites for hydroxylation is 2. The van der Waals surface area contributed by atoms with Gasteiger partial charge in [-0.3, -0.25) is 4.98 Å². The second kappa shape index (κ2) is 7.48. The first-order valence-corrected chi connectivity index (χ1v) is 8.75. The van der Waals surface area contributed by atoms with Gasteiger partial charge in [0.15, 0.2) is 0 Å². The average Bonchev–Trinajstić information content (AvgIpc) is 2.71. The van der Waals surface area contributed by atoms with E-state index < -0.39 is 0 Å². The minimum absolute atomic E-state index is 0.511. The van der Waals surface area contributed by atoms with Gasteiger partial charge < -0.3 is 14.8 Å². The summed E-state index contributed by atoms with van der Waals surface area (Å²) in [5.74, 6) is 2.67. The fourth-order valence-electron chi connectivity index (χ4n) is 2.77. The molecule has 0 radical (unpaired) electrons. The molecular formula is C21H19N5O2. The maximum Gasteiger partial charge on any atom is 0.213 e. The van der Waals surface area contributed by atoms with Crippen LogP contribution in [0.15, 0.2) is 55.1 Å². The summed E-state index contributed by atoms with van der Waals surface area (Å²) in [5, 5.41) is 4.17. The molecule has 3 aromatic heterocycles. The van der Waals surface area contributed by atoms with Crippen molar-refractivity contribution >= 4 is 22.4 Å². The Morgan fingerprint density at radius 3 is 2.54 bits per heavy atom. The van der Waals surface area contributed by atoms with E-state index in [0.717, 1.165) is 33.6 Å². The third kappa shape index (κ3) is 3.68. The first-order chi connectivity index (χ1) is 13.6. The molecule has 4 aromatic rings. The number of nitrogens with one attached hydrogen (secondary N) is 1. The molecule has 140 valence electrons. The standard InChI is InChI=1S/C21H19N5O2/c1-13-8-15(5-7-19(13)28-16-6-4-14(2)22-10-16)26-21-17-9-20(27-3)23-11-18(17)24-12-25-21/h4-12H,1-3H3,(H,24,25,26). The molecule has 28 heavy (non-hydrogen) atoms. The molecule has 1 N–H and O–H groups in total. The van der Waals surface area contributed by atoms with Crippen LogP contribution in [0.1, 0.15) is 11.3 Å². The van der Waals surface area contributed by atoms with Crippen molar-refractivity contribution in [1.82, 2.24) is 19.9 Å². The molecule has 0 aliphatic heterocycles. The minimum Gasteiger partial charge on any atom is -0.481 e. The number of hydrogen-bond acceptors (Lipinski definition) is 7. The van der Waals surface area contributed by atoms with Gasteiger partial charge >= 0.3 is 0 Å². The summed E-state index contributed by atoms with van der Waals surface area (Å²) in [5.41, 5.74) is 3.57. The van der Waals surface area contributed by atoms with Gasteiger partial charge in [-0.2, -0.15) is 0 Å². The zero-order valence-corrected chi connectivity index (χ0v) is 15.8. The lowest BCUT2D eigenvalue weighted by molar-refractivity contribution is 0.398. The Morgan fingerprint density at radius 2 is 1.79 bits per heavy atom. The lowest BCUT2D eigenvalue weighted by Crippen LogP contribution is -1.98. The molecule has 0 saturated heterocycles. The van der Waals surface area contributed by atoms with Crippen LogP contribution in [0.2, 0.25) is 0 Å². The van der Waals surface area contributed by atoms with E-state index >= 15 is 0 Å². The van der Waals surface area contributed by atoms with Gasteiger partial charge in [0.1, 0.15) is 23.6 Å². The van der Waals surface area contributed by atoms with Crippen LogP contribution < -0.4 is 14.8 Å². The molecular weight excluding hydrogens is 354 g/mol. The number of nitrogens with zero attached hydrogens (tertiary/aromatic N) is 4. The third-order valence-electron chi connectivity index (χ3n) is 4.26. The number of hydrogen-bond donors (Lipinski definition) is 1. The van der Waals surface area contributed by atoms with Crippen molar-refractivity contribution < 1.29 is 9.47 Å². The maximum absolute atomic E-state index is 5.93. The van der Waals surface area contributed by atoms with Crippen molar-refractivity contribution in [2.24, 2.45) is 0 Å². The highest BCUT2D eigenvalue weighted by molar-refractivity contribution is 5.90. The normalized spacial score (nSPS) is 10.7. The molecule has 0 aliphatic rings. The zero-order valence-electron chi connectivity index (χ0n) is 15.8. The zero-order chi connectivity index (χ0) is 19.5. The molecule has 0 aliphatic carbocycles. The summed E-state index contributed by atoms with van der Waals surface area (Å²) in [6.07, 6.45) is 4.89. The number of methoxy groups -OCH3 is 1. The number of ether oxygens (including phenoxy) is 2. The Bertz CT molecular complexity index is 1130. The van der Waals surface area contributed by atoms with Gasteiger partial charge in [-0.05, 0) is 49.7 Å². The van der Waals surface area contributed by atoms with Crippen LogP contribution in [0.25, 0.3) is 10.9 Å². The fraction of sp³-hybridized carbons (Fsp3) is 0.143. The van der Waals surface area contributed by atoms with Gasteiger partial charge in [0, 0.05) is 22.8 Å². The summed E-state index contributed by atoms with van der Waals surface area (Å²) in [6.45, 7) is 3.94. The van der Waals surface area contributed by atoms with Crippen LogP contribution in [0.3, 0.4) is 0 Å². The number of rotatable bonds is 5. The molecule has 0 fully saturated rings. The SMILES string of the molecule is COc1cc2c(Nc3ccc(Oc4ccc(C)nc4)c(C)c3)ncnc2cn1. The van der Waals surface area contributed by atoms with Crippen LogP contribution in [0.4, 0.5) is 11.5 Å². The van der Waals surface area contributed by atoms with E-state index in [1.807, 2.05) is 50.2 Å². The molecule has 0 atom stereocenters. The van der Waals surface area contributed by atoms with E-state index in [-0.39, 0.29) is 0 Å². The van der Waals surface area contributed by atoms with Crippen molar-refractivity contribution in [3.8, 4) is 17.4 Å². The van der Waals surface area contributed by atoms with E-state index in [9.17, 15) is 0 Å². The van der Waals surface area contributed by atoms with Crippen LogP contribution in [-0.4, -0.2) is 27.0 Å². The number of pyridine rings is 2. The largest absolute Gasteiger partial charge is 0.481 e. The Labute approximate surface area is 162 Å². The molecule has 0 amide bonds. The number of fused-ring (bicyclic) bond motifs is 1. The first-order valence-electron chi connectivity index (χ1n) is 8.75. The van der Waals surface area contributed by atoms with Crippen molar-refractivity contribution in [2.45, 2.75) is 13.8 Å². The predicted octanol–water partition coefficient (Wildman–Crippen LogP) is 4.58. The van der Waals surface area contributed by atoms with Crippen molar-refractivity contribution in [3.63, 3.8) is 0 Å². The fourth-order valence-corrected chi connectivity index (χ4v) is 2.77. The summed E-state index contributed by atoms with van der Waals surface area (Å²) < 4.78 is 11.1. The first kappa shape index (κ1) is 17.7. The van der Waals surface area contributed by atoms with E-state index in [4.69, 9.17) is 9.47 Å². The monoisotopic (exact) mass is 373 g/mol. The summed E-state index contributed by atoms with van der Waals surface area (Å²) in [4.78, 5) is 17.0. The lowest BCUT2D eigenvalue weighted by Gasteiger charge is -2.12. The lowest BCUT2D eigenvalue weighted by atomic mass is 10.2. The summed E-state index contributed by atoms with van der Waals surface area (Å²) >= 11 is 0. The molecule has 4 rings (SSSR count). The molecule has 7 nitrogen and oxygen atoms in total. The van der Waals surface area contributed by atoms with Crippen LogP contribution in [-0.2, 0) is 0 Å². The van der Waals surface area contributed by atoms with Gasteiger partial charge in [-0.25, -0.2) is 15.0 Å². The van der Waals surface area contributed by atoms with E-state index in [1.165, 1.54) is 6.33 Å². The van der Waals surface area contributed by atoms with Crippen LogP contribution >= 0.6 is 0 Å². The maximum atomic E-state index is 5.93. The highest BCUT2D eigenvalue weighted by Gasteiger charge is 2.08. The number of anilines is 2. The second-order valence-electron chi connectivity index (χ2n) is 6.31. The van der Waals surface area contributed by atoms with Crippen molar-refractivity contribution in [3.05, 3.63) is 66.4 Å². The van der Waals surface area contributed by atoms with E-state index in [2.05, 4.69) is 25.3 Å². The third-order valence-corrected chi connectivity index (χ3v) is 4.26. The van der Waals surface area contributed by atoms with E-state index in [0.29, 0.717) is 17.4 Å². The Balaban J connectivity index is 1.60. The number of aromatic nitrogens is 4. The van der Waals surface area contributed by atoms with Gasteiger partial charge in [0.05, 0.1) is 25.0 Å². The highest BCUT2D eigenvalue weighted by atomic mass is 16.5. The Morgan fingerprint density at radius 1 is 0.893 bits per heavy atom. The average molecular weight is 373 g/mol. The van der Waals surface area contributed by atoms with Crippen molar-refractivity contribution in [2.75, 3.05) is 12.4 Å². The number of benzene rings is 1. The topological polar surface area (TPSA) is 82.0 Å². The molecule has 0 unspecified atom stereocenters. The predicted molar refractivity (Wildman–Crippen MR) is 107 cm³/mol.